The van der Waals surface area contributed by atoms with E-state index in [2.05, 4.69) is 15.3 Å². The molecule has 4 nitrogen and oxygen atoms in total. The second-order valence-corrected chi connectivity index (χ2v) is 5.38. The third-order valence-electron chi connectivity index (χ3n) is 3.07. The molecular formula is C14H13FN4S. The number of nitrogens with two attached hydrogens (primary N) is 1. The molecule has 3 N–H and O–H groups in total. The molecule has 0 amide bonds. The molecule has 0 bridgehead atoms. The Morgan fingerprint density at radius 1 is 1.20 bits per heavy atom. The lowest BCUT2D eigenvalue weighted by molar-refractivity contribution is 0.626. The van der Waals surface area contributed by atoms with E-state index in [1.807, 2.05) is 18.4 Å². The predicted molar refractivity (Wildman–Crippen MR) is 80.3 cm³/mol. The molecule has 0 fully saturated rings. The van der Waals surface area contributed by atoms with Gasteiger partial charge in [0.25, 0.3) is 0 Å². The largest absolute Gasteiger partial charge is 0.368 e. The number of rotatable bonds is 3. The zero-order valence-electron chi connectivity index (χ0n) is 10.8. The van der Waals surface area contributed by atoms with Crippen molar-refractivity contribution in [3.63, 3.8) is 0 Å². The van der Waals surface area contributed by atoms with Crippen molar-refractivity contribution in [2.45, 2.75) is 13.0 Å². The fourth-order valence-electron chi connectivity index (χ4n) is 2.02. The summed E-state index contributed by atoms with van der Waals surface area (Å²) in [7, 11) is 0. The quantitative estimate of drug-likeness (QED) is 0.773. The second-order valence-electron chi connectivity index (χ2n) is 4.49. The minimum atomic E-state index is -0.243. The topological polar surface area (TPSA) is 63.8 Å². The summed E-state index contributed by atoms with van der Waals surface area (Å²) in [5.41, 5.74) is 6.69. The summed E-state index contributed by atoms with van der Waals surface area (Å²) >= 11 is 1.52. The second kappa shape index (κ2) is 5.05. The number of hydrogen-bond acceptors (Lipinski definition) is 5. The van der Waals surface area contributed by atoms with E-state index in [9.17, 15) is 4.39 Å². The van der Waals surface area contributed by atoms with E-state index in [0.717, 1.165) is 15.8 Å². The summed E-state index contributed by atoms with van der Waals surface area (Å²) < 4.78 is 12.9. The first-order valence-electron chi connectivity index (χ1n) is 6.16. The first-order chi connectivity index (χ1) is 9.63. The van der Waals surface area contributed by atoms with Gasteiger partial charge in [0.2, 0.25) is 5.95 Å². The maximum atomic E-state index is 12.9. The molecule has 0 spiro atoms. The molecule has 0 radical (unpaired) electrons. The third-order valence-corrected chi connectivity index (χ3v) is 3.87. The van der Waals surface area contributed by atoms with Crippen LogP contribution in [-0.2, 0) is 0 Å². The van der Waals surface area contributed by atoms with Gasteiger partial charge in [0.05, 0.1) is 5.39 Å². The van der Waals surface area contributed by atoms with Gasteiger partial charge in [-0.2, -0.15) is 4.98 Å². The minimum Gasteiger partial charge on any atom is -0.368 e. The van der Waals surface area contributed by atoms with Crippen LogP contribution in [0, 0.1) is 5.82 Å². The van der Waals surface area contributed by atoms with Gasteiger partial charge in [-0.1, -0.05) is 12.1 Å². The normalized spacial score (nSPS) is 12.5. The highest BCUT2D eigenvalue weighted by Crippen LogP contribution is 2.28. The Balaban J connectivity index is 1.92. The molecule has 0 aliphatic rings. The number of aromatic nitrogens is 2. The fourth-order valence-corrected chi connectivity index (χ4v) is 2.79. The maximum Gasteiger partial charge on any atom is 0.223 e. The summed E-state index contributed by atoms with van der Waals surface area (Å²) in [6, 6.07) is 8.35. The van der Waals surface area contributed by atoms with Crippen LogP contribution in [0.15, 0.2) is 35.7 Å². The molecule has 3 rings (SSSR count). The van der Waals surface area contributed by atoms with Crippen LogP contribution in [0.5, 0.6) is 0 Å². The number of fused-ring (bicyclic) bond motifs is 1. The number of halogens is 1. The molecule has 0 saturated heterocycles. The predicted octanol–water partition coefficient (Wildman–Crippen LogP) is 3.59. The molecular weight excluding hydrogens is 275 g/mol. The summed E-state index contributed by atoms with van der Waals surface area (Å²) in [6.07, 6.45) is 0. The van der Waals surface area contributed by atoms with Crippen LogP contribution in [0.3, 0.4) is 0 Å². The van der Waals surface area contributed by atoms with Crippen molar-refractivity contribution >= 4 is 33.3 Å². The van der Waals surface area contributed by atoms with Crippen LogP contribution >= 0.6 is 11.3 Å². The van der Waals surface area contributed by atoms with Crippen molar-refractivity contribution in [1.82, 2.24) is 9.97 Å². The van der Waals surface area contributed by atoms with Crippen molar-refractivity contribution in [3.8, 4) is 0 Å². The number of thiophene rings is 1. The van der Waals surface area contributed by atoms with Gasteiger partial charge in [0.15, 0.2) is 0 Å². The Morgan fingerprint density at radius 2 is 1.95 bits per heavy atom. The fraction of sp³-hybridized carbons (Fsp3) is 0.143. The van der Waals surface area contributed by atoms with Gasteiger partial charge in [-0.05, 0) is 36.1 Å². The monoisotopic (exact) mass is 288 g/mol. The molecule has 2 aromatic heterocycles. The number of nitrogens with zero attached hydrogens (tertiary/aromatic N) is 2. The van der Waals surface area contributed by atoms with Crippen molar-refractivity contribution in [1.29, 1.82) is 0 Å². The minimum absolute atomic E-state index is 0.00648. The SMILES string of the molecule is CC(Nc1nc(N)nc2sccc12)c1ccc(F)cc1. The zero-order valence-corrected chi connectivity index (χ0v) is 11.6. The summed E-state index contributed by atoms with van der Waals surface area (Å²) in [6.45, 7) is 1.99. The highest BCUT2D eigenvalue weighted by molar-refractivity contribution is 7.16. The standard InChI is InChI=1S/C14H13FN4S/c1-8(9-2-4-10(15)5-3-9)17-12-11-6-7-20-13(11)19-14(16)18-12/h2-8H,1H3,(H3,16,17,18,19). The Hall–Kier alpha value is -2.21. The number of anilines is 2. The Kier molecular flexibility index (Phi) is 3.23. The lowest BCUT2D eigenvalue weighted by Gasteiger charge is -2.15. The highest BCUT2D eigenvalue weighted by Gasteiger charge is 2.11. The van der Waals surface area contributed by atoms with Crippen LogP contribution in [-0.4, -0.2) is 9.97 Å². The first kappa shape index (κ1) is 12.8. The number of nitrogen functional groups attached to an aromatic ring is 1. The Bertz CT molecular complexity index is 739. The lowest BCUT2D eigenvalue weighted by Crippen LogP contribution is -2.09. The molecule has 20 heavy (non-hydrogen) atoms. The first-order valence-corrected chi connectivity index (χ1v) is 7.04. The molecule has 6 heteroatoms. The number of hydrogen-bond donors (Lipinski definition) is 2. The lowest BCUT2D eigenvalue weighted by atomic mass is 10.1. The van der Waals surface area contributed by atoms with E-state index < -0.39 is 0 Å². The molecule has 3 aromatic rings. The average molecular weight is 288 g/mol. The van der Waals surface area contributed by atoms with Gasteiger partial charge >= 0.3 is 0 Å². The summed E-state index contributed by atoms with van der Waals surface area (Å²) in [5, 5.41) is 6.19. The van der Waals surface area contributed by atoms with Gasteiger partial charge in [0, 0.05) is 6.04 Å². The van der Waals surface area contributed by atoms with Crippen LogP contribution in [0.25, 0.3) is 10.2 Å². The van der Waals surface area contributed by atoms with Gasteiger partial charge < -0.3 is 11.1 Å². The van der Waals surface area contributed by atoms with E-state index in [1.54, 1.807) is 12.1 Å². The van der Waals surface area contributed by atoms with E-state index in [0.29, 0.717) is 5.82 Å². The van der Waals surface area contributed by atoms with Crippen LogP contribution in [0.4, 0.5) is 16.2 Å². The number of benzene rings is 1. The molecule has 0 aliphatic carbocycles. The van der Waals surface area contributed by atoms with Gasteiger partial charge in [0.1, 0.15) is 16.5 Å². The molecule has 1 atom stereocenters. The molecule has 1 aromatic carbocycles. The van der Waals surface area contributed by atoms with Crippen LogP contribution in [0.1, 0.15) is 18.5 Å². The average Bonchev–Trinajstić information content (AvgIpc) is 2.87. The molecule has 1 unspecified atom stereocenters. The maximum absolute atomic E-state index is 12.9. The van der Waals surface area contributed by atoms with Crippen molar-refractivity contribution in [2.75, 3.05) is 11.1 Å². The Labute approximate surface area is 119 Å². The molecule has 102 valence electrons. The smallest absolute Gasteiger partial charge is 0.223 e. The molecule has 0 saturated carbocycles. The zero-order chi connectivity index (χ0) is 14.1. The van der Waals surface area contributed by atoms with Crippen LogP contribution < -0.4 is 11.1 Å². The van der Waals surface area contributed by atoms with Crippen LogP contribution in [0.2, 0.25) is 0 Å². The van der Waals surface area contributed by atoms with Gasteiger partial charge in [-0.3, -0.25) is 0 Å². The third kappa shape index (κ3) is 2.42. The van der Waals surface area contributed by atoms with Gasteiger partial charge in [-0.15, -0.1) is 11.3 Å². The van der Waals surface area contributed by atoms with E-state index in [4.69, 9.17) is 5.73 Å². The summed E-state index contributed by atoms with van der Waals surface area (Å²) in [5.74, 6) is 0.701. The van der Waals surface area contributed by atoms with Crippen molar-refractivity contribution < 1.29 is 4.39 Å². The van der Waals surface area contributed by atoms with Crippen molar-refractivity contribution in [2.24, 2.45) is 0 Å². The van der Waals surface area contributed by atoms with E-state index in [-0.39, 0.29) is 17.8 Å². The molecule has 0 aliphatic heterocycles. The van der Waals surface area contributed by atoms with E-state index in [1.165, 1.54) is 23.5 Å². The molecule has 2 heterocycles. The van der Waals surface area contributed by atoms with E-state index >= 15 is 0 Å². The summed E-state index contributed by atoms with van der Waals surface area (Å²) in [4.78, 5) is 9.28. The highest BCUT2D eigenvalue weighted by atomic mass is 32.1. The van der Waals surface area contributed by atoms with Gasteiger partial charge in [-0.25, -0.2) is 9.37 Å². The Morgan fingerprint density at radius 3 is 2.70 bits per heavy atom. The number of nitrogens with one attached hydrogen (secondary N) is 1. The van der Waals surface area contributed by atoms with Crippen molar-refractivity contribution in [3.05, 3.63) is 47.1 Å².